The number of fused-ring (bicyclic) bond motifs is 3. The first-order valence-electron chi connectivity index (χ1n) is 11.7. The zero-order valence-electron chi connectivity index (χ0n) is 20.1. The molecule has 3 atom stereocenters. The topological polar surface area (TPSA) is 108 Å². The Bertz CT molecular complexity index is 1060. The largest absolute Gasteiger partial charge is 0.480 e. The number of nitrogens with zero attached hydrogens (tertiary/aromatic N) is 2. The van der Waals surface area contributed by atoms with Gasteiger partial charge < -0.3 is 24.8 Å². The Morgan fingerprint density at radius 2 is 1.66 bits per heavy atom. The highest BCUT2D eigenvalue weighted by Gasteiger charge is 2.38. The number of rotatable bonds is 7. The summed E-state index contributed by atoms with van der Waals surface area (Å²) in [5.74, 6) is -1.49. The first-order chi connectivity index (χ1) is 16.8. The minimum atomic E-state index is -1.01. The molecule has 9 nitrogen and oxygen atoms in total. The number of carboxylic acid groups (broad SMARTS) is 1. The molecule has 2 amide bonds. The van der Waals surface area contributed by atoms with Crippen molar-refractivity contribution in [3.63, 3.8) is 0 Å². The summed E-state index contributed by atoms with van der Waals surface area (Å²) >= 11 is 0. The molecule has 0 radical (unpaired) electrons. The van der Waals surface area contributed by atoms with Crippen molar-refractivity contribution in [3.05, 3.63) is 59.7 Å². The van der Waals surface area contributed by atoms with Gasteiger partial charge in [0.25, 0.3) is 0 Å². The first-order valence-corrected chi connectivity index (χ1v) is 11.7. The van der Waals surface area contributed by atoms with Gasteiger partial charge in [-0.2, -0.15) is 0 Å². The zero-order valence-corrected chi connectivity index (χ0v) is 20.1. The molecule has 1 saturated heterocycles. The third kappa shape index (κ3) is 5.01. The van der Waals surface area contributed by atoms with Gasteiger partial charge in [-0.15, -0.1) is 0 Å². The smallest absolute Gasteiger partial charge is 0.407 e. The van der Waals surface area contributed by atoms with E-state index in [0.29, 0.717) is 13.1 Å². The summed E-state index contributed by atoms with van der Waals surface area (Å²) in [5.41, 5.74) is 4.44. The minimum Gasteiger partial charge on any atom is -0.480 e. The van der Waals surface area contributed by atoms with Crippen molar-refractivity contribution in [1.82, 2.24) is 15.1 Å². The second kappa shape index (κ2) is 10.5. The monoisotopic (exact) mass is 481 g/mol. The molecule has 2 aromatic rings. The average Bonchev–Trinajstić information content (AvgIpc) is 3.19. The molecule has 4 rings (SSSR count). The molecule has 0 bridgehead atoms. The van der Waals surface area contributed by atoms with Crippen LogP contribution in [0.3, 0.4) is 0 Å². The van der Waals surface area contributed by atoms with Gasteiger partial charge in [0, 0.05) is 32.7 Å². The number of amides is 2. The lowest BCUT2D eigenvalue weighted by Gasteiger charge is -2.39. The summed E-state index contributed by atoms with van der Waals surface area (Å²) in [6.45, 7) is 2.61. The van der Waals surface area contributed by atoms with E-state index in [1.807, 2.05) is 36.4 Å². The van der Waals surface area contributed by atoms with Crippen LogP contribution in [0.2, 0.25) is 0 Å². The van der Waals surface area contributed by atoms with E-state index in [2.05, 4.69) is 17.4 Å². The number of carbonyl (C=O) groups excluding carboxylic acids is 2. The van der Waals surface area contributed by atoms with Crippen LogP contribution < -0.4 is 5.32 Å². The van der Waals surface area contributed by atoms with Crippen molar-refractivity contribution in [2.24, 2.45) is 0 Å². The number of likely N-dealkylation sites (N-methyl/N-ethyl adjacent to an activating group) is 1. The fourth-order valence-electron chi connectivity index (χ4n) is 4.82. The fourth-order valence-corrected chi connectivity index (χ4v) is 4.82. The van der Waals surface area contributed by atoms with Crippen LogP contribution in [0.15, 0.2) is 48.5 Å². The summed E-state index contributed by atoms with van der Waals surface area (Å²) in [7, 11) is 3.17. The molecule has 2 aliphatic rings. The number of piperazine rings is 1. The van der Waals surface area contributed by atoms with Crippen LogP contribution in [0, 0.1) is 0 Å². The van der Waals surface area contributed by atoms with Gasteiger partial charge in [-0.25, -0.2) is 4.79 Å². The van der Waals surface area contributed by atoms with Gasteiger partial charge in [-0.1, -0.05) is 48.5 Å². The summed E-state index contributed by atoms with van der Waals surface area (Å²) in [6.07, 6.45) is -1.36. The normalized spacial score (nSPS) is 19.4. The van der Waals surface area contributed by atoms with Gasteiger partial charge in [0.2, 0.25) is 5.91 Å². The lowest BCUT2D eigenvalue weighted by atomic mass is 9.98. The quantitative estimate of drug-likeness (QED) is 0.624. The molecule has 186 valence electrons. The molecule has 1 heterocycles. The fraction of sp³-hybridized carbons (Fsp3) is 0.423. The molecule has 35 heavy (non-hydrogen) atoms. The standard InChI is InChI=1S/C26H31N3O6/c1-16(34-3)23(24(30)29-13-12-28(2)22(14-29)25(31)32)27-26(33)35-15-21-19-10-6-4-8-17(19)18-9-5-7-11-20(18)21/h4-11,16,21-23H,12-15H2,1-3H3,(H,27,33)(H,31,32). The number of carbonyl (C=O) groups is 3. The Morgan fingerprint density at radius 1 is 1.06 bits per heavy atom. The average molecular weight is 482 g/mol. The maximum absolute atomic E-state index is 13.3. The van der Waals surface area contributed by atoms with Crippen LogP contribution in [-0.2, 0) is 19.1 Å². The summed E-state index contributed by atoms with van der Waals surface area (Å²) in [5, 5.41) is 12.1. The zero-order chi connectivity index (χ0) is 25.1. The van der Waals surface area contributed by atoms with Crippen molar-refractivity contribution >= 4 is 18.0 Å². The highest BCUT2D eigenvalue weighted by molar-refractivity contribution is 5.87. The number of carboxylic acids is 1. The van der Waals surface area contributed by atoms with Gasteiger partial charge in [0.1, 0.15) is 18.7 Å². The highest BCUT2D eigenvalue weighted by atomic mass is 16.5. The van der Waals surface area contributed by atoms with Gasteiger partial charge in [0.05, 0.1) is 6.10 Å². The van der Waals surface area contributed by atoms with Gasteiger partial charge in [-0.3, -0.25) is 14.5 Å². The molecule has 0 spiro atoms. The van der Waals surface area contributed by atoms with Crippen molar-refractivity contribution in [2.75, 3.05) is 40.4 Å². The Kier molecular flexibility index (Phi) is 7.37. The number of methoxy groups -OCH3 is 1. The maximum atomic E-state index is 13.3. The number of nitrogens with one attached hydrogen (secondary N) is 1. The number of hydrogen-bond acceptors (Lipinski definition) is 6. The Labute approximate surface area is 204 Å². The van der Waals surface area contributed by atoms with Crippen LogP contribution in [0.25, 0.3) is 11.1 Å². The molecule has 2 aromatic carbocycles. The Morgan fingerprint density at radius 3 is 2.23 bits per heavy atom. The van der Waals surface area contributed by atoms with Crippen LogP contribution in [0.5, 0.6) is 0 Å². The predicted molar refractivity (Wildman–Crippen MR) is 129 cm³/mol. The minimum absolute atomic E-state index is 0.0317. The molecule has 9 heteroatoms. The lowest BCUT2D eigenvalue weighted by molar-refractivity contribution is -0.149. The van der Waals surface area contributed by atoms with E-state index in [-0.39, 0.29) is 19.1 Å². The highest BCUT2D eigenvalue weighted by Crippen LogP contribution is 2.44. The van der Waals surface area contributed by atoms with Gasteiger partial charge in [-0.05, 0) is 36.2 Å². The van der Waals surface area contributed by atoms with Crippen LogP contribution >= 0.6 is 0 Å². The number of benzene rings is 2. The molecular formula is C26H31N3O6. The van der Waals surface area contributed by atoms with Crippen molar-refractivity contribution in [1.29, 1.82) is 0 Å². The van der Waals surface area contributed by atoms with E-state index in [1.54, 1.807) is 18.9 Å². The molecule has 3 unspecified atom stereocenters. The van der Waals surface area contributed by atoms with Crippen molar-refractivity contribution < 1.29 is 29.0 Å². The molecule has 0 saturated carbocycles. The molecule has 1 aliphatic carbocycles. The van der Waals surface area contributed by atoms with Crippen molar-refractivity contribution in [2.45, 2.75) is 31.0 Å². The van der Waals surface area contributed by atoms with E-state index < -0.39 is 36.2 Å². The molecule has 1 fully saturated rings. The third-order valence-electron chi connectivity index (χ3n) is 6.97. The molecular weight excluding hydrogens is 450 g/mol. The van der Waals surface area contributed by atoms with E-state index in [9.17, 15) is 19.5 Å². The number of aliphatic carboxylic acids is 1. The Balaban J connectivity index is 1.43. The predicted octanol–water partition coefficient (Wildman–Crippen LogP) is 2.16. The lowest BCUT2D eigenvalue weighted by Crippen LogP contribution is -2.61. The van der Waals surface area contributed by atoms with E-state index in [1.165, 1.54) is 12.0 Å². The van der Waals surface area contributed by atoms with Gasteiger partial charge in [0.15, 0.2) is 0 Å². The van der Waals surface area contributed by atoms with Crippen LogP contribution in [0.4, 0.5) is 4.79 Å². The molecule has 1 aliphatic heterocycles. The van der Waals surface area contributed by atoms with Crippen LogP contribution in [0.1, 0.15) is 24.0 Å². The van der Waals surface area contributed by atoms with E-state index in [0.717, 1.165) is 22.3 Å². The summed E-state index contributed by atoms with van der Waals surface area (Å²) in [4.78, 5) is 40.8. The SMILES string of the molecule is COC(C)C(NC(=O)OCC1c2ccccc2-c2ccccc21)C(=O)N1CCN(C)C(C(=O)O)C1. The Hall–Kier alpha value is -3.43. The molecule has 0 aromatic heterocycles. The van der Waals surface area contributed by atoms with E-state index >= 15 is 0 Å². The first kappa shape index (κ1) is 24.7. The van der Waals surface area contributed by atoms with Crippen molar-refractivity contribution in [3.8, 4) is 11.1 Å². The third-order valence-corrected chi connectivity index (χ3v) is 6.97. The summed E-state index contributed by atoms with van der Waals surface area (Å²) in [6, 6.07) is 14.3. The van der Waals surface area contributed by atoms with E-state index in [4.69, 9.17) is 9.47 Å². The second-order valence-electron chi connectivity index (χ2n) is 9.01. The number of hydrogen-bond donors (Lipinski definition) is 2. The summed E-state index contributed by atoms with van der Waals surface area (Å²) < 4.78 is 10.9. The number of alkyl carbamates (subject to hydrolysis) is 1. The molecule has 2 N–H and O–H groups in total. The van der Waals surface area contributed by atoms with Crippen LogP contribution in [-0.4, -0.2) is 91.5 Å². The second-order valence-corrected chi connectivity index (χ2v) is 9.01. The maximum Gasteiger partial charge on any atom is 0.407 e. The van der Waals surface area contributed by atoms with Gasteiger partial charge >= 0.3 is 12.1 Å². The number of ether oxygens (including phenoxy) is 2.